The molecule has 0 saturated carbocycles. The van der Waals surface area contributed by atoms with Gasteiger partial charge in [-0.3, -0.25) is 4.79 Å². The first-order valence-electron chi connectivity index (χ1n) is 9.18. The molecule has 2 aromatic carbocycles. The number of likely N-dealkylation sites (tertiary alicyclic amines) is 1. The summed E-state index contributed by atoms with van der Waals surface area (Å²) in [6.45, 7) is 3.16. The second-order valence-electron chi connectivity index (χ2n) is 6.40. The summed E-state index contributed by atoms with van der Waals surface area (Å²) in [5.74, 6) is 1.08. The van der Waals surface area contributed by atoms with Gasteiger partial charge in [0.2, 0.25) is 5.91 Å². The summed E-state index contributed by atoms with van der Waals surface area (Å²) in [4.78, 5) is 14.7. The number of benzene rings is 2. The number of ether oxygens (including phenoxy) is 2. The number of hydrogen-bond donors (Lipinski definition) is 0. The van der Waals surface area contributed by atoms with E-state index in [-0.39, 0.29) is 11.9 Å². The molecule has 1 atom stereocenters. The molecule has 27 heavy (non-hydrogen) atoms. The fraction of sp³-hybridized carbons (Fsp3) is 0.318. The predicted octanol–water partition coefficient (Wildman–Crippen LogP) is 5.12. The number of methoxy groups -OCH3 is 1. The molecule has 1 fully saturated rings. The van der Waals surface area contributed by atoms with Crippen LogP contribution in [0.5, 0.6) is 11.5 Å². The summed E-state index contributed by atoms with van der Waals surface area (Å²) in [7, 11) is 1.57. The molecular formula is C22H24ClNO3. The van der Waals surface area contributed by atoms with E-state index < -0.39 is 0 Å². The highest BCUT2D eigenvalue weighted by atomic mass is 35.5. The summed E-state index contributed by atoms with van der Waals surface area (Å²) < 4.78 is 10.9. The standard InChI is InChI=1S/C22H24ClNO3/c1-3-27-22-18(23)14-16(15-20(22)26-2)11-12-21(25)24-13-7-10-19(24)17-8-5-4-6-9-17/h4-6,8-9,11-12,14-15,19H,3,7,10,13H2,1-2H3. The van der Waals surface area contributed by atoms with Crippen molar-refractivity contribution in [2.45, 2.75) is 25.8 Å². The summed E-state index contributed by atoms with van der Waals surface area (Å²) in [5, 5.41) is 0.464. The van der Waals surface area contributed by atoms with Gasteiger partial charge in [-0.1, -0.05) is 41.9 Å². The van der Waals surface area contributed by atoms with Gasteiger partial charge in [0.15, 0.2) is 11.5 Å². The summed E-state index contributed by atoms with van der Waals surface area (Å²) >= 11 is 6.30. The molecule has 0 bridgehead atoms. The minimum absolute atomic E-state index is 0.00493. The fourth-order valence-corrected chi connectivity index (χ4v) is 3.71. The van der Waals surface area contributed by atoms with Gasteiger partial charge in [0.25, 0.3) is 0 Å². The molecule has 3 rings (SSSR count). The first-order chi connectivity index (χ1) is 13.1. The second-order valence-corrected chi connectivity index (χ2v) is 6.81. The topological polar surface area (TPSA) is 38.8 Å². The molecule has 5 heteroatoms. The van der Waals surface area contributed by atoms with E-state index in [4.69, 9.17) is 21.1 Å². The third-order valence-electron chi connectivity index (χ3n) is 4.68. The van der Waals surface area contributed by atoms with E-state index in [1.165, 1.54) is 5.56 Å². The minimum atomic E-state index is 0.00493. The lowest BCUT2D eigenvalue weighted by Crippen LogP contribution is -2.28. The van der Waals surface area contributed by atoms with Crippen LogP contribution in [0, 0.1) is 0 Å². The molecule has 0 aromatic heterocycles. The zero-order chi connectivity index (χ0) is 19.2. The number of amides is 1. The molecule has 0 aliphatic carbocycles. The van der Waals surface area contributed by atoms with Crippen molar-refractivity contribution in [1.29, 1.82) is 0 Å². The van der Waals surface area contributed by atoms with Crippen LogP contribution in [0.15, 0.2) is 48.5 Å². The Kier molecular flexibility index (Phi) is 6.40. The number of nitrogens with zero attached hydrogens (tertiary/aromatic N) is 1. The van der Waals surface area contributed by atoms with Crippen LogP contribution in [0.1, 0.15) is 36.9 Å². The van der Waals surface area contributed by atoms with Gasteiger partial charge >= 0.3 is 0 Å². The quantitative estimate of drug-likeness (QED) is 0.647. The molecule has 142 valence electrons. The molecule has 1 heterocycles. The van der Waals surface area contributed by atoms with Crippen molar-refractivity contribution in [3.05, 3.63) is 64.7 Å². The molecule has 1 aliphatic rings. The Morgan fingerprint density at radius 2 is 2.07 bits per heavy atom. The summed E-state index contributed by atoms with van der Waals surface area (Å²) in [6, 6.07) is 13.9. The van der Waals surface area contributed by atoms with Gasteiger partial charge in [0, 0.05) is 12.6 Å². The molecule has 1 aliphatic heterocycles. The minimum Gasteiger partial charge on any atom is -0.493 e. The van der Waals surface area contributed by atoms with E-state index in [0.29, 0.717) is 23.1 Å². The Hall–Kier alpha value is -2.46. The first kappa shape index (κ1) is 19.3. The van der Waals surface area contributed by atoms with Crippen molar-refractivity contribution < 1.29 is 14.3 Å². The predicted molar refractivity (Wildman–Crippen MR) is 108 cm³/mol. The summed E-state index contributed by atoms with van der Waals surface area (Å²) in [5.41, 5.74) is 1.98. The highest BCUT2D eigenvalue weighted by Crippen LogP contribution is 2.37. The molecule has 0 spiro atoms. The average Bonchev–Trinajstić information content (AvgIpc) is 3.18. The van der Waals surface area contributed by atoms with Crippen LogP contribution in [0.2, 0.25) is 5.02 Å². The largest absolute Gasteiger partial charge is 0.493 e. The van der Waals surface area contributed by atoms with Gasteiger partial charge in [0.05, 0.1) is 24.8 Å². The van der Waals surface area contributed by atoms with Crippen molar-refractivity contribution in [3.8, 4) is 11.5 Å². The number of carbonyl (C=O) groups excluding carboxylic acids is 1. The third-order valence-corrected chi connectivity index (χ3v) is 4.96. The maximum atomic E-state index is 12.8. The Labute approximate surface area is 165 Å². The van der Waals surface area contributed by atoms with Crippen LogP contribution in [0.25, 0.3) is 6.08 Å². The molecule has 1 unspecified atom stereocenters. The van der Waals surface area contributed by atoms with Gasteiger partial charge in [-0.05, 0) is 49.1 Å². The molecule has 2 aromatic rings. The van der Waals surface area contributed by atoms with Gasteiger partial charge in [0.1, 0.15) is 0 Å². The first-order valence-corrected chi connectivity index (χ1v) is 9.55. The second kappa shape index (κ2) is 8.96. The van der Waals surface area contributed by atoms with Crippen LogP contribution in [-0.2, 0) is 4.79 Å². The van der Waals surface area contributed by atoms with Crippen molar-refractivity contribution in [2.24, 2.45) is 0 Å². The van der Waals surface area contributed by atoms with Gasteiger partial charge in [-0.15, -0.1) is 0 Å². The zero-order valence-electron chi connectivity index (χ0n) is 15.7. The van der Waals surface area contributed by atoms with E-state index in [0.717, 1.165) is 24.9 Å². The van der Waals surface area contributed by atoms with Crippen LogP contribution in [0.3, 0.4) is 0 Å². The molecular weight excluding hydrogens is 362 g/mol. The molecule has 1 amide bonds. The highest BCUT2D eigenvalue weighted by molar-refractivity contribution is 6.32. The highest BCUT2D eigenvalue weighted by Gasteiger charge is 2.28. The number of hydrogen-bond acceptors (Lipinski definition) is 3. The van der Waals surface area contributed by atoms with E-state index in [2.05, 4.69) is 12.1 Å². The molecule has 0 radical (unpaired) electrons. The lowest BCUT2D eigenvalue weighted by molar-refractivity contribution is -0.126. The van der Waals surface area contributed by atoms with E-state index in [9.17, 15) is 4.79 Å². The Morgan fingerprint density at radius 3 is 2.78 bits per heavy atom. The van der Waals surface area contributed by atoms with Gasteiger partial charge in [-0.25, -0.2) is 0 Å². The van der Waals surface area contributed by atoms with Crippen LogP contribution < -0.4 is 9.47 Å². The zero-order valence-corrected chi connectivity index (χ0v) is 16.4. The van der Waals surface area contributed by atoms with Crippen LogP contribution >= 0.6 is 11.6 Å². The lowest BCUT2D eigenvalue weighted by Gasteiger charge is -2.23. The molecule has 1 saturated heterocycles. The smallest absolute Gasteiger partial charge is 0.247 e. The SMILES string of the molecule is CCOc1c(Cl)cc(C=CC(=O)N2CCCC2c2ccccc2)cc1OC. The van der Waals surface area contributed by atoms with E-state index in [1.807, 2.05) is 36.1 Å². The maximum absolute atomic E-state index is 12.8. The number of carbonyl (C=O) groups is 1. The van der Waals surface area contributed by atoms with Gasteiger partial charge in [-0.2, -0.15) is 0 Å². The lowest BCUT2D eigenvalue weighted by atomic mass is 10.0. The normalized spacial score (nSPS) is 16.7. The Bertz CT molecular complexity index is 820. The molecule has 4 nitrogen and oxygen atoms in total. The van der Waals surface area contributed by atoms with Crippen molar-refractivity contribution in [3.63, 3.8) is 0 Å². The Balaban J connectivity index is 1.77. The van der Waals surface area contributed by atoms with Crippen molar-refractivity contribution in [1.82, 2.24) is 4.90 Å². The maximum Gasteiger partial charge on any atom is 0.247 e. The number of halogens is 1. The van der Waals surface area contributed by atoms with Crippen LogP contribution in [0.4, 0.5) is 0 Å². The Morgan fingerprint density at radius 1 is 1.30 bits per heavy atom. The third kappa shape index (κ3) is 4.45. The number of rotatable bonds is 6. The monoisotopic (exact) mass is 385 g/mol. The van der Waals surface area contributed by atoms with Crippen LogP contribution in [-0.4, -0.2) is 31.1 Å². The van der Waals surface area contributed by atoms with Gasteiger partial charge < -0.3 is 14.4 Å². The van der Waals surface area contributed by atoms with E-state index >= 15 is 0 Å². The molecule has 0 N–H and O–H groups in total. The fourth-order valence-electron chi connectivity index (χ4n) is 3.44. The van der Waals surface area contributed by atoms with Crippen molar-refractivity contribution >= 4 is 23.6 Å². The van der Waals surface area contributed by atoms with E-state index in [1.54, 1.807) is 25.3 Å². The average molecular weight is 386 g/mol. The van der Waals surface area contributed by atoms with Crippen molar-refractivity contribution in [2.75, 3.05) is 20.3 Å². The summed E-state index contributed by atoms with van der Waals surface area (Å²) in [6.07, 6.45) is 5.38.